The molecule has 0 radical (unpaired) electrons. The van der Waals surface area contributed by atoms with E-state index in [4.69, 9.17) is 0 Å². The van der Waals surface area contributed by atoms with E-state index in [2.05, 4.69) is 17.2 Å². The fourth-order valence-electron chi connectivity index (χ4n) is 2.59. The van der Waals surface area contributed by atoms with Gasteiger partial charge < -0.3 is 10.2 Å². The zero-order chi connectivity index (χ0) is 15.5. The molecule has 0 aromatic carbocycles. The first-order valence-corrected chi connectivity index (χ1v) is 8.31. The predicted octanol–water partition coefficient (Wildman–Crippen LogP) is 3.91. The molecule has 1 heterocycles. The molecule has 0 saturated heterocycles. The van der Waals surface area contributed by atoms with Gasteiger partial charge in [0.1, 0.15) is 6.54 Å². The second kappa shape index (κ2) is 6.96. The summed E-state index contributed by atoms with van der Waals surface area (Å²) in [5.74, 6) is 0. The normalized spacial score (nSPS) is 18.6. The lowest BCUT2D eigenvalue weighted by Crippen LogP contribution is -2.34. The smallest absolute Gasteiger partial charge is 0.339 e. The number of fused-ring (bicyclic) bond motifs is 1. The molecular formula is C14H22F3N3S. The summed E-state index contributed by atoms with van der Waals surface area (Å²) < 4.78 is 37.9. The van der Waals surface area contributed by atoms with Crippen LogP contribution in [-0.2, 0) is 6.42 Å². The summed E-state index contributed by atoms with van der Waals surface area (Å²) in [4.78, 5) is 6.92. The average molecular weight is 321 g/mol. The van der Waals surface area contributed by atoms with E-state index in [1.54, 1.807) is 6.92 Å². The van der Waals surface area contributed by atoms with Crippen LogP contribution in [0, 0.1) is 0 Å². The zero-order valence-corrected chi connectivity index (χ0v) is 13.3. The summed E-state index contributed by atoms with van der Waals surface area (Å²) in [7, 11) is 0. The number of hydrogen-bond acceptors (Lipinski definition) is 4. The molecule has 0 fully saturated rings. The number of rotatable bonds is 6. The molecule has 1 N–H and O–H groups in total. The minimum absolute atomic E-state index is 0.254. The number of alkyl halides is 3. The van der Waals surface area contributed by atoms with Crippen molar-refractivity contribution in [1.82, 2.24) is 10.3 Å². The van der Waals surface area contributed by atoms with E-state index in [0.717, 1.165) is 42.8 Å². The minimum atomic E-state index is -4.19. The highest BCUT2D eigenvalue weighted by Crippen LogP contribution is 2.38. The van der Waals surface area contributed by atoms with E-state index >= 15 is 0 Å². The molecule has 0 saturated carbocycles. The van der Waals surface area contributed by atoms with Gasteiger partial charge in [-0.15, -0.1) is 0 Å². The highest BCUT2D eigenvalue weighted by atomic mass is 32.1. The summed E-state index contributed by atoms with van der Waals surface area (Å²) in [5.41, 5.74) is 0.982. The van der Waals surface area contributed by atoms with Crippen molar-refractivity contribution in [1.29, 1.82) is 0 Å². The maximum Gasteiger partial charge on any atom is 0.406 e. The Morgan fingerprint density at radius 2 is 2.14 bits per heavy atom. The van der Waals surface area contributed by atoms with E-state index < -0.39 is 12.7 Å². The lowest BCUT2D eigenvalue weighted by atomic mass is 9.98. The Labute approximate surface area is 127 Å². The molecule has 0 spiro atoms. The van der Waals surface area contributed by atoms with Crippen molar-refractivity contribution in [3.63, 3.8) is 0 Å². The Morgan fingerprint density at radius 1 is 1.38 bits per heavy atom. The molecular weight excluding hydrogens is 299 g/mol. The SMILES string of the molecule is CCCNC1CCCc2nc(N(CC)CC(F)(F)F)sc21. The monoisotopic (exact) mass is 321 g/mol. The van der Waals surface area contributed by atoms with Gasteiger partial charge in [-0.1, -0.05) is 18.3 Å². The van der Waals surface area contributed by atoms with Crippen molar-refractivity contribution < 1.29 is 13.2 Å². The number of anilines is 1. The van der Waals surface area contributed by atoms with Crippen LogP contribution in [0.25, 0.3) is 0 Å². The van der Waals surface area contributed by atoms with Gasteiger partial charge in [-0.3, -0.25) is 0 Å². The first kappa shape index (κ1) is 16.5. The zero-order valence-electron chi connectivity index (χ0n) is 12.5. The third kappa shape index (κ3) is 4.32. The maximum absolute atomic E-state index is 12.6. The highest BCUT2D eigenvalue weighted by molar-refractivity contribution is 7.15. The molecule has 1 atom stereocenters. The van der Waals surface area contributed by atoms with Crippen molar-refractivity contribution in [3.8, 4) is 0 Å². The van der Waals surface area contributed by atoms with Crippen molar-refractivity contribution in [2.75, 3.05) is 24.5 Å². The molecule has 1 aromatic rings. The lowest BCUT2D eigenvalue weighted by Gasteiger charge is -2.22. The van der Waals surface area contributed by atoms with Crippen LogP contribution in [0.2, 0.25) is 0 Å². The highest BCUT2D eigenvalue weighted by Gasteiger charge is 2.33. The van der Waals surface area contributed by atoms with Gasteiger partial charge in [0.15, 0.2) is 5.13 Å². The number of nitrogens with one attached hydrogen (secondary N) is 1. The minimum Gasteiger partial charge on any atom is -0.339 e. The van der Waals surface area contributed by atoms with Gasteiger partial charge in [-0.25, -0.2) is 4.98 Å². The second-order valence-electron chi connectivity index (χ2n) is 5.34. The van der Waals surface area contributed by atoms with Gasteiger partial charge in [-0.2, -0.15) is 13.2 Å². The van der Waals surface area contributed by atoms with E-state index in [0.29, 0.717) is 11.7 Å². The molecule has 0 aliphatic heterocycles. The van der Waals surface area contributed by atoms with Crippen LogP contribution in [-0.4, -0.2) is 30.8 Å². The van der Waals surface area contributed by atoms with Gasteiger partial charge in [-0.05, 0) is 39.2 Å². The maximum atomic E-state index is 12.6. The summed E-state index contributed by atoms with van der Waals surface area (Å²) in [6.45, 7) is 4.16. The van der Waals surface area contributed by atoms with E-state index in [1.165, 1.54) is 16.2 Å². The van der Waals surface area contributed by atoms with Gasteiger partial charge in [0.05, 0.1) is 5.69 Å². The summed E-state index contributed by atoms with van der Waals surface area (Å²) in [6, 6.07) is 0.254. The fourth-order valence-corrected chi connectivity index (χ4v) is 3.87. The van der Waals surface area contributed by atoms with Crippen LogP contribution in [0.4, 0.5) is 18.3 Å². The van der Waals surface area contributed by atoms with Gasteiger partial charge in [0, 0.05) is 17.5 Å². The Morgan fingerprint density at radius 3 is 2.76 bits per heavy atom. The van der Waals surface area contributed by atoms with Crippen LogP contribution in [0.15, 0.2) is 0 Å². The first-order chi connectivity index (χ1) is 9.94. The molecule has 2 rings (SSSR count). The van der Waals surface area contributed by atoms with E-state index in [-0.39, 0.29) is 6.04 Å². The predicted molar refractivity (Wildman–Crippen MR) is 80.0 cm³/mol. The first-order valence-electron chi connectivity index (χ1n) is 7.49. The summed E-state index contributed by atoms with van der Waals surface area (Å²) in [6.07, 6.45) is -0.183. The number of nitrogens with zero attached hydrogens (tertiary/aromatic N) is 2. The average Bonchev–Trinajstić information content (AvgIpc) is 2.85. The standard InChI is InChI=1S/C14H22F3N3S/c1-3-8-18-10-6-5-7-11-12(10)21-13(19-11)20(4-2)9-14(15,16)17/h10,18H,3-9H2,1-2H3. The number of aromatic nitrogens is 1. The number of thiazole rings is 1. The third-order valence-electron chi connectivity index (χ3n) is 3.60. The van der Waals surface area contributed by atoms with Crippen molar-refractivity contribution in [3.05, 3.63) is 10.6 Å². The molecule has 7 heteroatoms. The molecule has 1 unspecified atom stereocenters. The summed E-state index contributed by atoms with van der Waals surface area (Å²) in [5, 5.41) is 3.98. The number of aryl methyl sites for hydroxylation is 1. The topological polar surface area (TPSA) is 28.2 Å². The van der Waals surface area contributed by atoms with Gasteiger partial charge in [0.25, 0.3) is 0 Å². The van der Waals surface area contributed by atoms with Gasteiger partial charge >= 0.3 is 6.18 Å². The molecule has 1 aliphatic carbocycles. The summed E-state index contributed by atoms with van der Waals surface area (Å²) >= 11 is 1.42. The number of halogens is 3. The quantitative estimate of drug-likeness (QED) is 0.861. The third-order valence-corrected chi connectivity index (χ3v) is 4.87. The Bertz CT molecular complexity index is 459. The van der Waals surface area contributed by atoms with Crippen molar-refractivity contribution >= 4 is 16.5 Å². The van der Waals surface area contributed by atoms with E-state index in [9.17, 15) is 13.2 Å². The van der Waals surface area contributed by atoms with Crippen LogP contribution in [0.5, 0.6) is 0 Å². The largest absolute Gasteiger partial charge is 0.406 e. The van der Waals surface area contributed by atoms with Crippen LogP contribution in [0.1, 0.15) is 49.7 Å². The fraction of sp³-hybridized carbons (Fsp3) is 0.786. The molecule has 1 aromatic heterocycles. The molecule has 0 bridgehead atoms. The number of hydrogen-bond donors (Lipinski definition) is 1. The molecule has 1 aliphatic rings. The van der Waals surface area contributed by atoms with Crippen molar-refractivity contribution in [2.24, 2.45) is 0 Å². The molecule has 0 amide bonds. The molecule has 3 nitrogen and oxygen atoms in total. The molecule has 120 valence electrons. The molecule has 21 heavy (non-hydrogen) atoms. The van der Waals surface area contributed by atoms with E-state index in [1.807, 2.05) is 0 Å². The van der Waals surface area contributed by atoms with Crippen LogP contribution in [0.3, 0.4) is 0 Å². The van der Waals surface area contributed by atoms with Crippen LogP contribution < -0.4 is 10.2 Å². The second-order valence-corrected chi connectivity index (χ2v) is 6.34. The Balaban J connectivity index is 2.17. The van der Waals surface area contributed by atoms with Crippen LogP contribution >= 0.6 is 11.3 Å². The Hall–Kier alpha value is -0.820. The van der Waals surface area contributed by atoms with Gasteiger partial charge in [0.2, 0.25) is 0 Å². The Kier molecular flexibility index (Phi) is 5.48. The van der Waals surface area contributed by atoms with Crippen molar-refractivity contribution in [2.45, 2.75) is 51.7 Å². The lowest BCUT2D eigenvalue weighted by molar-refractivity contribution is -0.119.